The van der Waals surface area contributed by atoms with Gasteiger partial charge in [-0.3, -0.25) is 9.59 Å². The zero-order valence-electron chi connectivity index (χ0n) is 10.6. The molecule has 2 rings (SSSR count). The zero-order valence-corrected chi connectivity index (χ0v) is 12.1. The van der Waals surface area contributed by atoms with E-state index in [-0.39, 0.29) is 11.8 Å². The number of halogens is 1. The van der Waals surface area contributed by atoms with Crippen LogP contribution in [0.1, 0.15) is 6.42 Å². The third kappa shape index (κ3) is 3.42. The van der Waals surface area contributed by atoms with Crippen molar-refractivity contribution in [3.8, 4) is 0 Å². The highest BCUT2D eigenvalue weighted by atomic mass is 35.5. The Morgan fingerprint density at radius 3 is 3.05 bits per heavy atom. The quantitative estimate of drug-likeness (QED) is 0.924. The molecule has 1 aromatic rings. The monoisotopic (exact) mass is 298 g/mol. The van der Waals surface area contributed by atoms with Gasteiger partial charge in [-0.15, -0.1) is 0 Å². The predicted molar refractivity (Wildman–Crippen MR) is 78.7 cm³/mol. The molecule has 1 heterocycles. The summed E-state index contributed by atoms with van der Waals surface area (Å²) in [6.07, 6.45) is 2.49. The average molecular weight is 299 g/mol. The predicted octanol–water partition coefficient (Wildman–Crippen LogP) is 1.92. The highest BCUT2D eigenvalue weighted by molar-refractivity contribution is 7.99. The molecule has 0 radical (unpaired) electrons. The summed E-state index contributed by atoms with van der Waals surface area (Å²) in [6.45, 7) is 0.601. The summed E-state index contributed by atoms with van der Waals surface area (Å²) in [5.74, 6) is 0.205. The molecule has 19 heavy (non-hydrogen) atoms. The third-order valence-electron chi connectivity index (χ3n) is 2.94. The van der Waals surface area contributed by atoms with E-state index in [0.29, 0.717) is 23.7 Å². The van der Waals surface area contributed by atoms with Crippen molar-refractivity contribution in [2.75, 3.05) is 23.5 Å². The van der Waals surface area contributed by atoms with E-state index in [1.165, 1.54) is 11.8 Å². The van der Waals surface area contributed by atoms with Crippen molar-refractivity contribution in [3.63, 3.8) is 0 Å². The lowest BCUT2D eigenvalue weighted by Gasteiger charge is -2.17. The highest BCUT2D eigenvalue weighted by Crippen LogP contribution is 2.24. The topological polar surface area (TPSA) is 49.4 Å². The maximum absolute atomic E-state index is 12.2. The van der Waals surface area contributed by atoms with E-state index < -0.39 is 6.04 Å². The average Bonchev–Trinajstić information content (AvgIpc) is 2.71. The van der Waals surface area contributed by atoms with Crippen LogP contribution in [0.3, 0.4) is 0 Å². The summed E-state index contributed by atoms with van der Waals surface area (Å²) in [5.41, 5.74) is 0.777. The summed E-state index contributed by atoms with van der Waals surface area (Å²) in [4.78, 5) is 25.4. The lowest BCUT2D eigenvalue weighted by molar-refractivity contribution is -0.124. The lowest BCUT2D eigenvalue weighted by Crippen LogP contribution is -2.42. The summed E-state index contributed by atoms with van der Waals surface area (Å²) in [7, 11) is 0. The Hall–Kier alpha value is -1.20. The van der Waals surface area contributed by atoms with Crippen molar-refractivity contribution in [1.82, 2.24) is 5.32 Å². The normalized spacial score (nSPS) is 18.7. The van der Waals surface area contributed by atoms with Crippen LogP contribution < -0.4 is 10.2 Å². The molecule has 0 bridgehead atoms. The molecule has 1 N–H and O–H groups in total. The molecule has 0 aromatic heterocycles. The summed E-state index contributed by atoms with van der Waals surface area (Å²) in [5, 5.41) is 3.36. The number of thioether (sulfide) groups is 1. The number of hydrogen-bond acceptors (Lipinski definition) is 3. The van der Waals surface area contributed by atoms with Crippen molar-refractivity contribution in [3.05, 3.63) is 29.3 Å². The van der Waals surface area contributed by atoms with Crippen molar-refractivity contribution >= 4 is 40.9 Å². The SMILES string of the molecule is CSCC(=O)N[C@H]1CCN(c2cccc(Cl)c2)C1=O. The van der Waals surface area contributed by atoms with Crippen LogP contribution in [0, 0.1) is 0 Å². The minimum absolute atomic E-state index is 0.0725. The minimum atomic E-state index is -0.418. The second-order valence-corrected chi connectivity index (χ2v) is 5.61. The van der Waals surface area contributed by atoms with Gasteiger partial charge in [0.1, 0.15) is 6.04 Å². The van der Waals surface area contributed by atoms with Gasteiger partial charge in [0, 0.05) is 17.3 Å². The first kappa shape index (κ1) is 14.2. The second kappa shape index (κ2) is 6.30. The van der Waals surface area contributed by atoms with Gasteiger partial charge in [0.25, 0.3) is 0 Å². The van der Waals surface area contributed by atoms with Gasteiger partial charge in [-0.2, -0.15) is 11.8 Å². The number of rotatable bonds is 4. The van der Waals surface area contributed by atoms with Crippen LogP contribution in [0.15, 0.2) is 24.3 Å². The fourth-order valence-corrected chi connectivity index (χ4v) is 2.61. The second-order valence-electron chi connectivity index (χ2n) is 4.31. The molecule has 1 atom stereocenters. The maximum atomic E-state index is 12.2. The first-order valence-electron chi connectivity index (χ1n) is 5.97. The smallest absolute Gasteiger partial charge is 0.249 e. The van der Waals surface area contributed by atoms with Gasteiger partial charge in [0.05, 0.1) is 5.75 Å². The van der Waals surface area contributed by atoms with Crippen LogP contribution in [-0.2, 0) is 9.59 Å². The largest absolute Gasteiger partial charge is 0.343 e. The standard InChI is InChI=1S/C13H15ClN2O2S/c1-19-8-12(17)15-11-5-6-16(13(11)18)10-4-2-3-9(14)7-10/h2-4,7,11H,5-6,8H2,1H3,(H,15,17)/t11-/m0/s1. The fraction of sp³-hybridized carbons (Fsp3) is 0.385. The maximum Gasteiger partial charge on any atom is 0.249 e. The van der Waals surface area contributed by atoms with Crippen molar-refractivity contribution < 1.29 is 9.59 Å². The van der Waals surface area contributed by atoms with Gasteiger partial charge in [-0.1, -0.05) is 17.7 Å². The molecule has 1 aliphatic rings. The van der Waals surface area contributed by atoms with Gasteiger partial charge in [-0.05, 0) is 30.9 Å². The molecule has 1 saturated heterocycles. The molecule has 1 fully saturated rings. The summed E-state index contributed by atoms with van der Waals surface area (Å²) < 4.78 is 0. The van der Waals surface area contributed by atoms with Gasteiger partial charge < -0.3 is 10.2 Å². The van der Waals surface area contributed by atoms with Gasteiger partial charge in [0.2, 0.25) is 11.8 Å². The number of carbonyl (C=O) groups is 2. The van der Waals surface area contributed by atoms with Crippen LogP contribution >= 0.6 is 23.4 Å². The van der Waals surface area contributed by atoms with Crippen molar-refractivity contribution in [2.24, 2.45) is 0 Å². The molecular weight excluding hydrogens is 284 g/mol. The van der Waals surface area contributed by atoms with E-state index in [1.54, 1.807) is 17.0 Å². The van der Waals surface area contributed by atoms with E-state index in [1.807, 2.05) is 18.4 Å². The number of hydrogen-bond donors (Lipinski definition) is 1. The first-order chi connectivity index (χ1) is 9.11. The summed E-state index contributed by atoms with van der Waals surface area (Å²) in [6, 6.07) is 6.76. The molecule has 0 spiro atoms. The minimum Gasteiger partial charge on any atom is -0.343 e. The van der Waals surface area contributed by atoms with Gasteiger partial charge in [-0.25, -0.2) is 0 Å². The Labute approximate surface area is 121 Å². The molecule has 102 valence electrons. The van der Waals surface area contributed by atoms with E-state index >= 15 is 0 Å². The van der Waals surface area contributed by atoms with Crippen LogP contribution in [0.4, 0.5) is 5.69 Å². The Balaban J connectivity index is 2.03. The number of amides is 2. The van der Waals surface area contributed by atoms with E-state index in [4.69, 9.17) is 11.6 Å². The molecule has 0 saturated carbocycles. The Morgan fingerprint density at radius 2 is 2.37 bits per heavy atom. The molecule has 4 nitrogen and oxygen atoms in total. The van der Waals surface area contributed by atoms with Crippen molar-refractivity contribution in [2.45, 2.75) is 12.5 Å². The molecule has 2 amide bonds. The number of anilines is 1. The molecule has 1 aliphatic heterocycles. The highest BCUT2D eigenvalue weighted by Gasteiger charge is 2.33. The van der Waals surface area contributed by atoms with Crippen LogP contribution in [0.5, 0.6) is 0 Å². The van der Waals surface area contributed by atoms with E-state index in [9.17, 15) is 9.59 Å². The Kier molecular flexibility index (Phi) is 4.71. The molecule has 0 unspecified atom stereocenters. The number of carbonyl (C=O) groups excluding carboxylic acids is 2. The fourth-order valence-electron chi connectivity index (χ4n) is 2.08. The van der Waals surface area contributed by atoms with Crippen LogP contribution in [0.2, 0.25) is 5.02 Å². The zero-order chi connectivity index (χ0) is 13.8. The Bertz CT molecular complexity index is 495. The first-order valence-corrected chi connectivity index (χ1v) is 7.74. The summed E-state index contributed by atoms with van der Waals surface area (Å²) >= 11 is 7.36. The third-order valence-corrected chi connectivity index (χ3v) is 3.72. The Morgan fingerprint density at radius 1 is 1.58 bits per heavy atom. The van der Waals surface area contributed by atoms with E-state index in [2.05, 4.69) is 5.32 Å². The van der Waals surface area contributed by atoms with E-state index in [0.717, 1.165) is 5.69 Å². The molecular formula is C13H15ClN2O2S. The molecule has 6 heteroatoms. The number of nitrogens with one attached hydrogen (secondary N) is 1. The number of benzene rings is 1. The molecule has 0 aliphatic carbocycles. The van der Waals surface area contributed by atoms with Crippen LogP contribution in [0.25, 0.3) is 0 Å². The van der Waals surface area contributed by atoms with Crippen LogP contribution in [-0.4, -0.2) is 36.4 Å². The van der Waals surface area contributed by atoms with Crippen molar-refractivity contribution in [1.29, 1.82) is 0 Å². The lowest BCUT2D eigenvalue weighted by atomic mass is 10.2. The molecule has 1 aromatic carbocycles. The number of nitrogens with zero attached hydrogens (tertiary/aromatic N) is 1. The van der Waals surface area contributed by atoms with Gasteiger partial charge >= 0.3 is 0 Å². The van der Waals surface area contributed by atoms with Gasteiger partial charge in [0.15, 0.2) is 0 Å².